The van der Waals surface area contributed by atoms with Gasteiger partial charge in [0.15, 0.2) is 0 Å². The van der Waals surface area contributed by atoms with Gasteiger partial charge in [0, 0.05) is 13.1 Å². The Morgan fingerprint density at radius 3 is 2.75 bits per heavy atom. The number of carboxylic acids is 1. The molecule has 0 bridgehead atoms. The summed E-state index contributed by atoms with van der Waals surface area (Å²) in [6.07, 6.45) is 2.98. The van der Waals surface area contributed by atoms with Crippen LogP contribution in [0, 0.1) is 11.8 Å². The number of aliphatic carboxylic acids is 1. The Bertz CT molecular complexity index is 412. The summed E-state index contributed by atoms with van der Waals surface area (Å²) in [6.45, 7) is 0.648. The fraction of sp³-hybridized carbons (Fsp3) is 0.769. The summed E-state index contributed by atoms with van der Waals surface area (Å²) in [5.74, 6) is -0.984. The van der Waals surface area contributed by atoms with Gasteiger partial charge in [0.2, 0.25) is 0 Å². The summed E-state index contributed by atoms with van der Waals surface area (Å²) in [5, 5.41) is 11.9. The summed E-state index contributed by atoms with van der Waals surface area (Å²) in [4.78, 5) is 35.8. The van der Waals surface area contributed by atoms with Crippen LogP contribution in [0.2, 0.25) is 0 Å². The predicted octanol–water partition coefficient (Wildman–Crippen LogP) is 0.444. The molecule has 112 valence electrons. The molecule has 1 heterocycles. The van der Waals surface area contributed by atoms with Crippen LogP contribution in [0.15, 0.2) is 0 Å². The van der Waals surface area contributed by atoms with Crippen LogP contribution in [0.25, 0.3) is 0 Å². The minimum atomic E-state index is -0.942. The summed E-state index contributed by atoms with van der Waals surface area (Å²) in [6, 6.07) is -1.14. The minimum Gasteiger partial charge on any atom is -0.480 e. The molecule has 7 nitrogen and oxygen atoms in total. The van der Waals surface area contributed by atoms with Gasteiger partial charge in [0.05, 0.1) is 13.5 Å². The van der Waals surface area contributed by atoms with Crippen molar-refractivity contribution in [2.45, 2.75) is 31.7 Å². The van der Waals surface area contributed by atoms with Gasteiger partial charge in [0.25, 0.3) is 0 Å². The number of urea groups is 1. The number of likely N-dealkylation sites (tertiary alicyclic amines) is 1. The van der Waals surface area contributed by atoms with Crippen molar-refractivity contribution in [1.82, 2.24) is 10.2 Å². The van der Waals surface area contributed by atoms with Crippen molar-refractivity contribution in [3.63, 3.8) is 0 Å². The van der Waals surface area contributed by atoms with E-state index in [1.165, 1.54) is 12.0 Å². The molecule has 20 heavy (non-hydrogen) atoms. The first-order valence-corrected chi connectivity index (χ1v) is 6.88. The first kappa shape index (κ1) is 14.6. The van der Waals surface area contributed by atoms with Crippen LogP contribution in [0.5, 0.6) is 0 Å². The Labute approximate surface area is 117 Å². The first-order chi connectivity index (χ1) is 9.54. The largest absolute Gasteiger partial charge is 0.480 e. The zero-order valence-electron chi connectivity index (χ0n) is 11.5. The lowest BCUT2D eigenvalue weighted by atomic mass is 9.94. The molecule has 0 aromatic rings. The Morgan fingerprint density at radius 2 is 2.10 bits per heavy atom. The van der Waals surface area contributed by atoms with Gasteiger partial charge in [-0.2, -0.15) is 0 Å². The van der Waals surface area contributed by atoms with E-state index in [-0.39, 0.29) is 18.9 Å². The lowest BCUT2D eigenvalue weighted by Gasteiger charge is -2.24. The number of carboxylic acid groups (broad SMARTS) is 1. The number of hydrogen-bond acceptors (Lipinski definition) is 4. The van der Waals surface area contributed by atoms with Crippen LogP contribution >= 0.6 is 0 Å². The number of amides is 2. The van der Waals surface area contributed by atoms with Gasteiger partial charge in [-0.3, -0.25) is 4.79 Å². The van der Waals surface area contributed by atoms with E-state index in [1.807, 2.05) is 0 Å². The smallest absolute Gasteiger partial charge is 0.326 e. The first-order valence-electron chi connectivity index (χ1n) is 6.88. The number of esters is 1. The fourth-order valence-electron chi connectivity index (χ4n) is 3.31. The number of hydrogen-bond donors (Lipinski definition) is 2. The van der Waals surface area contributed by atoms with Crippen LogP contribution in [-0.2, 0) is 14.3 Å². The summed E-state index contributed by atoms with van der Waals surface area (Å²) in [5.41, 5.74) is 0. The molecule has 0 aromatic carbocycles. The number of rotatable bonds is 4. The molecular weight excluding hydrogens is 264 g/mol. The fourth-order valence-corrected chi connectivity index (χ4v) is 3.31. The maximum atomic E-state index is 12.1. The normalized spacial score (nSPS) is 28.1. The SMILES string of the molecule is COC(=O)CCNC(=O)N1CC2CCCC2C1C(=O)O. The molecule has 1 aliphatic heterocycles. The topological polar surface area (TPSA) is 95.9 Å². The quantitative estimate of drug-likeness (QED) is 0.730. The third-order valence-electron chi connectivity index (χ3n) is 4.24. The molecule has 2 amide bonds. The van der Waals surface area contributed by atoms with E-state index in [0.717, 1.165) is 19.3 Å². The van der Waals surface area contributed by atoms with Gasteiger partial charge in [0.1, 0.15) is 6.04 Å². The van der Waals surface area contributed by atoms with Crippen LogP contribution in [0.1, 0.15) is 25.7 Å². The molecule has 0 radical (unpaired) electrons. The van der Waals surface area contributed by atoms with E-state index in [0.29, 0.717) is 12.5 Å². The van der Waals surface area contributed by atoms with Gasteiger partial charge in [-0.25, -0.2) is 9.59 Å². The molecule has 7 heteroatoms. The van der Waals surface area contributed by atoms with Crippen molar-refractivity contribution >= 4 is 18.0 Å². The number of carbonyl (C=O) groups is 3. The van der Waals surface area contributed by atoms with Crippen molar-refractivity contribution < 1.29 is 24.2 Å². The standard InChI is InChI=1S/C13H20N2O5/c1-20-10(16)5-6-14-13(19)15-7-8-3-2-4-9(8)11(15)12(17)18/h8-9,11H,2-7H2,1H3,(H,14,19)(H,17,18). The lowest BCUT2D eigenvalue weighted by molar-refractivity contribution is -0.143. The maximum absolute atomic E-state index is 12.1. The van der Waals surface area contributed by atoms with Crippen molar-refractivity contribution in [3.05, 3.63) is 0 Å². The van der Waals surface area contributed by atoms with Gasteiger partial charge >= 0.3 is 18.0 Å². The number of carbonyl (C=O) groups excluding carboxylic acids is 2. The van der Waals surface area contributed by atoms with Crippen LogP contribution in [0.3, 0.4) is 0 Å². The zero-order chi connectivity index (χ0) is 14.7. The number of fused-ring (bicyclic) bond motifs is 1. The molecule has 2 aliphatic rings. The van der Waals surface area contributed by atoms with E-state index in [2.05, 4.69) is 10.1 Å². The van der Waals surface area contributed by atoms with E-state index in [1.54, 1.807) is 0 Å². The number of nitrogens with zero attached hydrogens (tertiary/aromatic N) is 1. The minimum absolute atomic E-state index is 0.0684. The van der Waals surface area contributed by atoms with E-state index >= 15 is 0 Å². The predicted molar refractivity (Wildman–Crippen MR) is 69.0 cm³/mol. The van der Waals surface area contributed by atoms with Gasteiger partial charge < -0.3 is 20.1 Å². The third kappa shape index (κ3) is 2.86. The van der Waals surface area contributed by atoms with Gasteiger partial charge in [-0.15, -0.1) is 0 Å². The third-order valence-corrected chi connectivity index (χ3v) is 4.24. The molecule has 1 saturated heterocycles. The van der Waals surface area contributed by atoms with Gasteiger partial charge in [-0.05, 0) is 24.7 Å². The summed E-state index contributed by atoms with van der Waals surface area (Å²) < 4.78 is 4.48. The number of ether oxygens (including phenoxy) is 1. The highest BCUT2D eigenvalue weighted by molar-refractivity contribution is 5.84. The molecule has 3 atom stereocenters. The molecule has 2 rings (SSSR count). The second-order valence-corrected chi connectivity index (χ2v) is 5.35. The van der Waals surface area contributed by atoms with Crippen LogP contribution in [0.4, 0.5) is 4.79 Å². The van der Waals surface area contributed by atoms with Crippen molar-refractivity contribution in [2.24, 2.45) is 11.8 Å². The average molecular weight is 284 g/mol. The van der Waals surface area contributed by atoms with E-state index < -0.39 is 24.0 Å². The molecule has 3 unspecified atom stereocenters. The molecule has 0 spiro atoms. The summed E-state index contributed by atoms with van der Waals surface area (Å²) >= 11 is 0. The second kappa shape index (κ2) is 6.11. The molecule has 1 saturated carbocycles. The Balaban J connectivity index is 1.91. The zero-order valence-corrected chi connectivity index (χ0v) is 11.5. The second-order valence-electron chi connectivity index (χ2n) is 5.35. The highest BCUT2D eigenvalue weighted by Gasteiger charge is 2.49. The molecule has 0 aromatic heterocycles. The lowest BCUT2D eigenvalue weighted by Crippen LogP contribution is -2.48. The summed E-state index contributed by atoms with van der Waals surface area (Å²) in [7, 11) is 1.28. The highest BCUT2D eigenvalue weighted by atomic mass is 16.5. The average Bonchev–Trinajstić information content (AvgIpc) is 2.97. The van der Waals surface area contributed by atoms with E-state index in [4.69, 9.17) is 0 Å². The highest BCUT2D eigenvalue weighted by Crippen LogP contribution is 2.42. The number of nitrogens with one attached hydrogen (secondary N) is 1. The maximum Gasteiger partial charge on any atom is 0.326 e. The number of methoxy groups -OCH3 is 1. The van der Waals surface area contributed by atoms with Crippen molar-refractivity contribution in [1.29, 1.82) is 0 Å². The van der Waals surface area contributed by atoms with Crippen molar-refractivity contribution in [3.8, 4) is 0 Å². The van der Waals surface area contributed by atoms with Crippen molar-refractivity contribution in [2.75, 3.05) is 20.2 Å². The van der Waals surface area contributed by atoms with Crippen LogP contribution < -0.4 is 5.32 Å². The Morgan fingerprint density at radius 1 is 1.35 bits per heavy atom. The Hall–Kier alpha value is -1.79. The van der Waals surface area contributed by atoms with Crippen LogP contribution in [-0.4, -0.2) is 54.2 Å². The molecular formula is C13H20N2O5. The Kier molecular flexibility index (Phi) is 4.46. The molecule has 2 N–H and O–H groups in total. The molecule has 1 aliphatic carbocycles. The van der Waals surface area contributed by atoms with Gasteiger partial charge in [-0.1, -0.05) is 6.42 Å². The monoisotopic (exact) mass is 284 g/mol. The van der Waals surface area contributed by atoms with E-state index in [9.17, 15) is 19.5 Å². The molecule has 2 fully saturated rings.